The number of thiazole rings is 1. The maximum absolute atomic E-state index is 11.2. The number of amides is 1. The molecule has 0 unspecified atom stereocenters. The summed E-state index contributed by atoms with van der Waals surface area (Å²) in [4.78, 5) is 15.7. The van der Waals surface area contributed by atoms with Crippen molar-refractivity contribution in [2.45, 2.75) is 0 Å². The zero-order valence-electron chi connectivity index (χ0n) is 8.18. The second kappa shape index (κ2) is 4.13. The van der Waals surface area contributed by atoms with E-state index in [4.69, 9.17) is 11.0 Å². The molecule has 0 atom stereocenters. The molecule has 0 aliphatic carbocycles. The van der Waals surface area contributed by atoms with Crippen LogP contribution in [-0.4, -0.2) is 10.9 Å². The molecule has 1 heterocycles. The average molecular weight is 229 g/mol. The third-order valence-electron chi connectivity index (χ3n) is 1.99. The summed E-state index contributed by atoms with van der Waals surface area (Å²) in [5.41, 5.74) is 6.22. The lowest BCUT2D eigenvalue weighted by atomic mass is 10.1. The predicted octanol–water partition coefficient (Wildman–Crippen LogP) is 1.78. The highest BCUT2D eigenvalue weighted by atomic mass is 32.1. The van der Waals surface area contributed by atoms with Crippen LogP contribution in [0.5, 0.6) is 0 Å². The van der Waals surface area contributed by atoms with E-state index in [2.05, 4.69) is 4.98 Å². The lowest BCUT2D eigenvalue weighted by Crippen LogP contribution is -2.12. The summed E-state index contributed by atoms with van der Waals surface area (Å²) >= 11 is 1.17. The Hall–Kier alpha value is -2.19. The van der Waals surface area contributed by atoms with Crippen molar-refractivity contribution in [1.29, 1.82) is 5.26 Å². The minimum atomic E-state index is -0.614. The number of nitriles is 1. The minimum Gasteiger partial charge on any atom is -0.364 e. The molecule has 1 aromatic heterocycles. The summed E-state index contributed by atoms with van der Waals surface area (Å²) in [5, 5.41) is 8.99. The highest BCUT2D eigenvalue weighted by Gasteiger charge is 2.16. The van der Waals surface area contributed by atoms with Crippen LogP contribution in [0.4, 0.5) is 0 Å². The number of aromatic nitrogens is 1. The monoisotopic (exact) mass is 229 g/mol. The molecule has 0 spiro atoms. The second-order valence-electron chi connectivity index (χ2n) is 3.04. The number of rotatable bonds is 2. The number of primary amides is 1. The molecule has 0 saturated heterocycles. The third kappa shape index (κ3) is 1.78. The Balaban J connectivity index is 2.61. The number of nitrogens with zero attached hydrogens (tertiary/aromatic N) is 2. The molecule has 0 aliphatic rings. The van der Waals surface area contributed by atoms with Gasteiger partial charge in [-0.15, -0.1) is 11.3 Å². The van der Waals surface area contributed by atoms with Crippen molar-refractivity contribution in [2.75, 3.05) is 0 Å². The SMILES string of the molecule is N#Cc1nc(C(N)=O)c(-c2ccccc2)s1. The van der Waals surface area contributed by atoms with E-state index in [0.717, 1.165) is 5.56 Å². The minimum absolute atomic E-state index is 0.160. The van der Waals surface area contributed by atoms with Crippen LogP contribution >= 0.6 is 11.3 Å². The van der Waals surface area contributed by atoms with Crippen molar-refractivity contribution in [3.05, 3.63) is 41.0 Å². The van der Waals surface area contributed by atoms with Crippen molar-refractivity contribution in [3.8, 4) is 16.5 Å². The van der Waals surface area contributed by atoms with E-state index >= 15 is 0 Å². The maximum Gasteiger partial charge on any atom is 0.268 e. The fourth-order valence-electron chi connectivity index (χ4n) is 1.32. The third-order valence-corrected chi connectivity index (χ3v) is 3.00. The highest BCUT2D eigenvalue weighted by molar-refractivity contribution is 7.16. The van der Waals surface area contributed by atoms with Crippen LogP contribution in [0, 0.1) is 11.3 Å². The van der Waals surface area contributed by atoms with Gasteiger partial charge in [-0.3, -0.25) is 4.79 Å². The molecular weight excluding hydrogens is 222 g/mol. The van der Waals surface area contributed by atoms with Gasteiger partial charge in [0, 0.05) is 0 Å². The summed E-state index contributed by atoms with van der Waals surface area (Å²) in [7, 11) is 0. The van der Waals surface area contributed by atoms with Gasteiger partial charge in [0.2, 0.25) is 0 Å². The lowest BCUT2D eigenvalue weighted by molar-refractivity contribution is 0.0997. The van der Waals surface area contributed by atoms with Crippen LogP contribution in [0.15, 0.2) is 30.3 Å². The van der Waals surface area contributed by atoms with Crippen LogP contribution in [0.25, 0.3) is 10.4 Å². The van der Waals surface area contributed by atoms with Crippen LogP contribution in [0.3, 0.4) is 0 Å². The van der Waals surface area contributed by atoms with Crippen LogP contribution in [0.2, 0.25) is 0 Å². The number of benzene rings is 1. The number of carbonyl (C=O) groups is 1. The first-order chi connectivity index (χ1) is 7.72. The molecule has 1 aromatic carbocycles. The summed E-state index contributed by atoms with van der Waals surface area (Å²) in [6.07, 6.45) is 0. The standard InChI is InChI=1S/C11H7N3OS/c12-6-8-14-9(11(13)15)10(16-8)7-4-2-1-3-5-7/h1-5H,(H2,13,15). The van der Waals surface area contributed by atoms with E-state index in [0.29, 0.717) is 4.88 Å². The molecule has 78 valence electrons. The van der Waals surface area contributed by atoms with Crippen LogP contribution < -0.4 is 5.73 Å². The summed E-state index contributed by atoms with van der Waals surface area (Å²) in [5.74, 6) is -0.614. The smallest absolute Gasteiger partial charge is 0.268 e. The molecule has 0 bridgehead atoms. The maximum atomic E-state index is 11.2. The van der Waals surface area contributed by atoms with Crippen LogP contribution in [0.1, 0.15) is 15.5 Å². The summed E-state index contributed by atoms with van der Waals surface area (Å²) in [6, 6.07) is 11.2. The Bertz CT molecular complexity index is 569. The zero-order chi connectivity index (χ0) is 11.5. The molecule has 0 saturated carbocycles. The fraction of sp³-hybridized carbons (Fsp3) is 0. The molecule has 0 fully saturated rings. The fourth-order valence-corrected chi connectivity index (χ4v) is 2.19. The van der Waals surface area contributed by atoms with Crippen molar-refractivity contribution in [2.24, 2.45) is 5.73 Å². The van der Waals surface area contributed by atoms with Crippen molar-refractivity contribution < 1.29 is 4.79 Å². The van der Waals surface area contributed by atoms with E-state index in [1.54, 1.807) is 0 Å². The van der Waals surface area contributed by atoms with E-state index in [9.17, 15) is 4.79 Å². The summed E-state index contributed by atoms with van der Waals surface area (Å²) in [6.45, 7) is 0. The number of hydrogen-bond donors (Lipinski definition) is 1. The van der Waals surface area contributed by atoms with Crippen LogP contribution in [-0.2, 0) is 0 Å². The quantitative estimate of drug-likeness (QED) is 0.852. The molecule has 2 rings (SSSR count). The lowest BCUT2D eigenvalue weighted by Gasteiger charge is -1.97. The zero-order valence-corrected chi connectivity index (χ0v) is 8.99. The number of nitrogens with two attached hydrogens (primary N) is 1. The Labute approximate surface area is 96.0 Å². The molecule has 2 aromatic rings. The van der Waals surface area contributed by atoms with Gasteiger partial charge in [-0.25, -0.2) is 4.98 Å². The van der Waals surface area contributed by atoms with Gasteiger partial charge in [0.25, 0.3) is 5.91 Å². The molecule has 1 amide bonds. The van der Waals surface area contributed by atoms with E-state index in [1.165, 1.54) is 11.3 Å². The number of hydrogen-bond acceptors (Lipinski definition) is 4. The largest absolute Gasteiger partial charge is 0.364 e. The normalized spacial score (nSPS) is 9.69. The van der Waals surface area contributed by atoms with Gasteiger partial charge in [0.1, 0.15) is 11.8 Å². The van der Waals surface area contributed by atoms with E-state index < -0.39 is 5.91 Å². The van der Waals surface area contributed by atoms with Gasteiger partial charge < -0.3 is 5.73 Å². The predicted molar refractivity (Wildman–Crippen MR) is 60.8 cm³/mol. The Morgan fingerprint density at radius 2 is 2.06 bits per heavy atom. The molecule has 0 radical (unpaired) electrons. The molecule has 0 aliphatic heterocycles. The first-order valence-electron chi connectivity index (χ1n) is 4.48. The van der Waals surface area contributed by atoms with Gasteiger partial charge in [-0.05, 0) is 5.56 Å². The molecule has 4 nitrogen and oxygen atoms in total. The first kappa shape index (κ1) is 10.3. The number of carbonyl (C=O) groups excluding carboxylic acids is 1. The van der Waals surface area contributed by atoms with Gasteiger partial charge in [-0.2, -0.15) is 5.26 Å². The van der Waals surface area contributed by atoms with Gasteiger partial charge in [0.15, 0.2) is 5.01 Å². The molecule has 2 N–H and O–H groups in total. The Kier molecular flexibility index (Phi) is 2.66. The van der Waals surface area contributed by atoms with Crippen molar-refractivity contribution >= 4 is 17.2 Å². The Morgan fingerprint density at radius 3 is 2.62 bits per heavy atom. The van der Waals surface area contributed by atoms with E-state index in [1.807, 2.05) is 36.4 Å². The average Bonchev–Trinajstić information content (AvgIpc) is 2.74. The topological polar surface area (TPSA) is 79.8 Å². The molecular formula is C11H7N3OS. The Morgan fingerprint density at radius 1 is 1.38 bits per heavy atom. The van der Waals surface area contributed by atoms with Gasteiger partial charge in [-0.1, -0.05) is 30.3 Å². The van der Waals surface area contributed by atoms with Gasteiger partial charge >= 0.3 is 0 Å². The second-order valence-corrected chi connectivity index (χ2v) is 4.04. The highest BCUT2D eigenvalue weighted by Crippen LogP contribution is 2.29. The van der Waals surface area contributed by atoms with E-state index in [-0.39, 0.29) is 10.7 Å². The first-order valence-corrected chi connectivity index (χ1v) is 5.30. The summed E-state index contributed by atoms with van der Waals surface area (Å²) < 4.78 is 0. The van der Waals surface area contributed by atoms with Crippen molar-refractivity contribution in [1.82, 2.24) is 4.98 Å². The van der Waals surface area contributed by atoms with Gasteiger partial charge in [0.05, 0.1) is 4.88 Å². The molecule has 16 heavy (non-hydrogen) atoms. The molecule has 5 heteroatoms. The van der Waals surface area contributed by atoms with Crippen molar-refractivity contribution in [3.63, 3.8) is 0 Å².